The number of nitrogens with one attached hydrogen (secondary N) is 2. The number of H-pyrrole nitrogens is 1. The Kier molecular flexibility index (Phi) is 3.58. The number of benzene rings is 1. The van der Waals surface area contributed by atoms with Gasteiger partial charge in [-0.25, -0.2) is 4.98 Å². The van der Waals surface area contributed by atoms with Crippen LogP contribution in [0.2, 0.25) is 0 Å². The molecule has 2 fully saturated rings. The lowest BCUT2D eigenvalue weighted by Gasteiger charge is -2.25. The van der Waals surface area contributed by atoms with Crippen molar-refractivity contribution in [2.75, 3.05) is 18.4 Å². The maximum absolute atomic E-state index is 12.0. The van der Waals surface area contributed by atoms with E-state index in [1.807, 2.05) is 18.2 Å². The van der Waals surface area contributed by atoms with Crippen molar-refractivity contribution >= 4 is 22.6 Å². The highest BCUT2D eigenvalue weighted by Gasteiger charge is 2.45. The third-order valence-electron chi connectivity index (χ3n) is 4.85. The van der Waals surface area contributed by atoms with Gasteiger partial charge < -0.3 is 16.0 Å². The van der Waals surface area contributed by atoms with Gasteiger partial charge in [0.1, 0.15) is 5.82 Å². The summed E-state index contributed by atoms with van der Waals surface area (Å²) in [6, 6.07) is 5.76. The second-order valence-electron chi connectivity index (χ2n) is 6.86. The molecule has 1 aromatic heterocycles. The fraction of sp³-hybridized carbons (Fsp3) is 0.529. The number of piperidine rings is 1. The summed E-state index contributed by atoms with van der Waals surface area (Å²) in [5, 5.41) is 2.91. The highest BCUT2D eigenvalue weighted by atomic mass is 16.2. The Morgan fingerprint density at radius 2 is 2.09 bits per heavy atom. The van der Waals surface area contributed by atoms with Gasteiger partial charge >= 0.3 is 0 Å². The van der Waals surface area contributed by atoms with Gasteiger partial charge in [-0.3, -0.25) is 9.69 Å². The number of amides is 1. The van der Waals surface area contributed by atoms with Crippen molar-refractivity contribution < 1.29 is 4.79 Å². The standard InChI is InChI=1S/C17H23N5O/c18-17(6-7-17)16(23)19-12-4-5-13-14(10-12)21-15(20-13)11-22-8-2-1-3-9-22/h4-5,10H,1-3,6-9,11,18H2,(H,19,23)(H,20,21). The summed E-state index contributed by atoms with van der Waals surface area (Å²) in [6.07, 6.45) is 5.42. The number of hydrogen-bond acceptors (Lipinski definition) is 4. The number of rotatable bonds is 4. The van der Waals surface area contributed by atoms with E-state index in [-0.39, 0.29) is 5.91 Å². The van der Waals surface area contributed by atoms with E-state index in [9.17, 15) is 4.79 Å². The minimum atomic E-state index is -0.650. The number of nitrogens with zero attached hydrogens (tertiary/aromatic N) is 2. The number of anilines is 1. The van der Waals surface area contributed by atoms with Gasteiger partial charge in [-0.2, -0.15) is 0 Å². The Morgan fingerprint density at radius 1 is 1.30 bits per heavy atom. The highest BCUT2D eigenvalue weighted by molar-refractivity contribution is 6.01. The van der Waals surface area contributed by atoms with Crippen molar-refractivity contribution in [1.29, 1.82) is 0 Å². The van der Waals surface area contributed by atoms with Gasteiger partial charge in [-0.05, 0) is 57.0 Å². The fourth-order valence-corrected chi connectivity index (χ4v) is 3.16. The van der Waals surface area contributed by atoms with E-state index in [1.165, 1.54) is 19.3 Å². The molecule has 4 N–H and O–H groups in total. The summed E-state index contributed by atoms with van der Waals surface area (Å²) >= 11 is 0. The van der Waals surface area contributed by atoms with Gasteiger partial charge in [0.25, 0.3) is 0 Å². The molecule has 23 heavy (non-hydrogen) atoms. The minimum Gasteiger partial charge on any atom is -0.341 e. The maximum atomic E-state index is 12.0. The molecule has 1 saturated carbocycles. The lowest BCUT2D eigenvalue weighted by atomic mass is 10.1. The first-order valence-corrected chi connectivity index (χ1v) is 8.44. The molecular weight excluding hydrogens is 290 g/mol. The smallest absolute Gasteiger partial charge is 0.244 e. The lowest BCUT2D eigenvalue weighted by Crippen LogP contribution is -2.37. The Labute approximate surface area is 135 Å². The lowest BCUT2D eigenvalue weighted by molar-refractivity contribution is -0.118. The largest absolute Gasteiger partial charge is 0.341 e. The molecule has 1 aromatic carbocycles. The van der Waals surface area contributed by atoms with Crippen LogP contribution >= 0.6 is 0 Å². The average molecular weight is 313 g/mol. The van der Waals surface area contributed by atoms with Crippen molar-refractivity contribution in [2.45, 2.75) is 44.2 Å². The van der Waals surface area contributed by atoms with Crippen LogP contribution in [-0.4, -0.2) is 39.4 Å². The molecule has 0 spiro atoms. The molecule has 1 amide bonds. The number of imidazole rings is 1. The van der Waals surface area contributed by atoms with Crippen LogP contribution in [0.1, 0.15) is 37.9 Å². The van der Waals surface area contributed by atoms with E-state index < -0.39 is 5.54 Å². The number of carbonyl (C=O) groups excluding carboxylic acids is 1. The van der Waals surface area contributed by atoms with E-state index in [4.69, 9.17) is 5.73 Å². The molecule has 0 unspecified atom stereocenters. The van der Waals surface area contributed by atoms with Crippen molar-refractivity contribution in [3.63, 3.8) is 0 Å². The Morgan fingerprint density at radius 3 is 2.83 bits per heavy atom. The zero-order valence-corrected chi connectivity index (χ0v) is 13.3. The molecule has 0 bridgehead atoms. The number of aromatic amines is 1. The fourth-order valence-electron chi connectivity index (χ4n) is 3.16. The van der Waals surface area contributed by atoms with Gasteiger partial charge in [0.15, 0.2) is 0 Å². The SMILES string of the molecule is NC1(C(=O)Nc2ccc3nc(CN4CCCCC4)[nH]c3c2)CC1. The van der Waals surface area contributed by atoms with Gasteiger partial charge in [0.2, 0.25) is 5.91 Å². The number of hydrogen-bond donors (Lipinski definition) is 3. The van der Waals surface area contributed by atoms with E-state index in [1.54, 1.807) is 0 Å². The van der Waals surface area contributed by atoms with E-state index >= 15 is 0 Å². The number of nitrogens with two attached hydrogens (primary N) is 1. The van der Waals surface area contributed by atoms with Gasteiger partial charge in [0, 0.05) is 5.69 Å². The quantitative estimate of drug-likeness (QED) is 0.805. The van der Waals surface area contributed by atoms with Crippen LogP contribution in [0.3, 0.4) is 0 Å². The molecule has 2 aliphatic rings. The summed E-state index contributed by atoms with van der Waals surface area (Å²) < 4.78 is 0. The molecule has 6 nitrogen and oxygen atoms in total. The zero-order valence-electron chi connectivity index (χ0n) is 13.3. The van der Waals surface area contributed by atoms with Crippen molar-refractivity contribution in [1.82, 2.24) is 14.9 Å². The summed E-state index contributed by atoms with van der Waals surface area (Å²) in [4.78, 5) is 22.5. The molecule has 1 aliphatic heterocycles. The van der Waals surface area contributed by atoms with Crippen LogP contribution in [0, 0.1) is 0 Å². The normalized spacial score (nSPS) is 20.6. The Bertz CT molecular complexity index is 728. The van der Waals surface area contributed by atoms with Crippen molar-refractivity contribution in [3.8, 4) is 0 Å². The average Bonchev–Trinajstić information content (AvgIpc) is 3.18. The Balaban J connectivity index is 1.48. The van der Waals surface area contributed by atoms with Crippen LogP contribution in [-0.2, 0) is 11.3 Å². The summed E-state index contributed by atoms with van der Waals surface area (Å²) in [6.45, 7) is 3.16. The molecule has 2 heterocycles. The molecule has 0 radical (unpaired) electrons. The van der Waals surface area contributed by atoms with Gasteiger partial charge in [0.05, 0.1) is 23.1 Å². The second kappa shape index (κ2) is 5.62. The first-order chi connectivity index (χ1) is 11.1. The first kappa shape index (κ1) is 14.7. The van der Waals surface area contributed by atoms with E-state index in [0.29, 0.717) is 0 Å². The molecule has 122 valence electrons. The predicted octanol–water partition coefficient (Wildman–Crippen LogP) is 1.98. The van der Waals surface area contributed by atoms with Gasteiger partial charge in [-0.1, -0.05) is 6.42 Å². The first-order valence-electron chi connectivity index (χ1n) is 8.44. The van der Waals surface area contributed by atoms with Gasteiger partial charge in [-0.15, -0.1) is 0 Å². The van der Waals surface area contributed by atoms with Crippen LogP contribution in [0.15, 0.2) is 18.2 Å². The van der Waals surface area contributed by atoms with Crippen molar-refractivity contribution in [3.05, 3.63) is 24.0 Å². The molecule has 4 rings (SSSR count). The number of aromatic nitrogens is 2. The van der Waals surface area contributed by atoms with E-state index in [2.05, 4.69) is 20.2 Å². The van der Waals surface area contributed by atoms with E-state index in [0.717, 1.165) is 55.0 Å². The molecule has 1 saturated heterocycles. The molecular formula is C17H23N5O. The Hall–Kier alpha value is -1.92. The third kappa shape index (κ3) is 3.09. The molecule has 2 aromatic rings. The van der Waals surface area contributed by atoms with Crippen molar-refractivity contribution in [2.24, 2.45) is 5.73 Å². The third-order valence-corrected chi connectivity index (χ3v) is 4.85. The molecule has 6 heteroatoms. The maximum Gasteiger partial charge on any atom is 0.244 e. The topological polar surface area (TPSA) is 87.0 Å². The van der Waals surface area contributed by atoms with Crippen LogP contribution < -0.4 is 11.1 Å². The monoisotopic (exact) mass is 313 g/mol. The highest BCUT2D eigenvalue weighted by Crippen LogP contribution is 2.33. The van der Waals surface area contributed by atoms with Crippen LogP contribution in [0.25, 0.3) is 11.0 Å². The molecule has 0 atom stereocenters. The summed E-state index contributed by atoms with van der Waals surface area (Å²) in [5.74, 6) is 0.896. The zero-order chi connectivity index (χ0) is 15.9. The number of likely N-dealkylation sites (tertiary alicyclic amines) is 1. The predicted molar refractivity (Wildman–Crippen MR) is 90.0 cm³/mol. The summed E-state index contributed by atoms with van der Waals surface area (Å²) in [7, 11) is 0. The second-order valence-corrected chi connectivity index (χ2v) is 6.86. The molecule has 1 aliphatic carbocycles. The minimum absolute atomic E-state index is 0.0927. The number of carbonyl (C=O) groups is 1. The van der Waals surface area contributed by atoms with Crippen LogP contribution in [0.5, 0.6) is 0 Å². The number of fused-ring (bicyclic) bond motifs is 1. The summed E-state index contributed by atoms with van der Waals surface area (Å²) in [5.41, 5.74) is 7.93. The van der Waals surface area contributed by atoms with Crippen LogP contribution in [0.4, 0.5) is 5.69 Å².